The van der Waals surface area contributed by atoms with Crippen LogP contribution >= 0.6 is 11.3 Å². The minimum absolute atomic E-state index is 0.107. The Bertz CT molecular complexity index is 465. The van der Waals surface area contributed by atoms with Crippen molar-refractivity contribution in [1.82, 2.24) is 10.6 Å². The first-order valence-electron chi connectivity index (χ1n) is 6.68. The molecule has 0 aliphatic heterocycles. The molecule has 0 aromatic carbocycles. The van der Waals surface area contributed by atoms with E-state index in [-0.39, 0.29) is 5.92 Å². The molecule has 0 spiro atoms. The highest BCUT2D eigenvalue weighted by molar-refractivity contribution is 7.12. The molecule has 1 rings (SSSR count). The number of carboxylic acids is 1. The summed E-state index contributed by atoms with van der Waals surface area (Å²) in [5.41, 5.74) is 1.20. The quantitative estimate of drug-likeness (QED) is 0.755. The Labute approximate surface area is 123 Å². The molecule has 112 valence electrons. The number of aliphatic carboxylic acids is 1. The molecular formula is C14H22N2O3S. The third-order valence-corrected chi connectivity index (χ3v) is 4.56. The maximum atomic E-state index is 11.8. The Balaban J connectivity index is 2.52. The van der Waals surface area contributed by atoms with Gasteiger partial charge in [0.1, 0.15) is 6.04 Å². The molecular weight excluding hydrogens is 276 g/mol. The highest BCUT2D eigenvalue weighted by Gasteiger charge is 2.25. The van der Waals surface area contributed by atoms with Crippen LogP contribution in [0.15, 0.2) is 6.07 Å². The summed E-state index contributed by atoms with van der Waals surface area (Å²) in [6.45, 7) is 8.19. The van der Waals surface area contributed by atoms with Crippen LogP contribution in [0.1, 0.15) is 35.6 Å². The normalized spacial score (nSPS) is 13.6. The zero-order chi connectivity index (χ0) is 15.3. The molecule has 1 aromatic heterocycles. The van der Waals surface area contributed by atoms with E-state index in [1.807, 2.05) is 33.8 Å². The summed E-state index contributed by atoms with van der Waals surface area (Å²) < 4.78 is 0. The highest BCUT2D eigenvalue weighted by atomic mass is 32.1. The fourth-order valence-electron chi connectivity index (χ4n) is 1.78. The summed E-state index contributed by atoms with van der Waals surface area (Å²) in [5.74, 6) is -1.11. The Morgan fingerprint density at radius 3 is 2.50 bits per heavy atom. The predicted molar refractivity (Wildman–Crippen MR) is 80.0 cm³/mol. The average Bonchev–Trinajstić information content (AvgIpc) is 2.71. The van der Waals surface area contributed by atoms with Gasteiger partial charge in [-0.3, -0.25) is 0 Å². The van der Waals surface area contributed by atoms with Crippen molar-refractivity contribution in [2.24, 2.45) is 5.92 Å². The molecule has 1 unspecified atom stereocenters. The van der Waals surface area contributed by atoms with E-state index < -0.39 is 18.0 Å². The predicted octanol–water partition coefficient (Wildman–Crippen LogP) is 2.66. The number of aryl methyl sites for hydroxylation is 2. The number of rotatable bonds is 6. The molecule has 0 bridgehead atoms. The van der Waals surface area contributed by atoms with Crippen molar-refractivity contribution in [2.75, 3.05) is 0 Å². The molecule has 0 saturated carbocycles. The van der Waals surface area contributed by atoms with Crippen molar-refractivity contribution < 1.29 is 14.7 Å². The molecule has 0 aliphatic rings. The van der Waals surface area contributed by atoms with E-state index in [4.69, 9.17) is 5.11 Å². The van der Waals surface area contributed by atoms with E-state index in [2.05, 4.69) is 10.6 Å². The van der Waals surface area contributed by atoms with Gasteiger partial charge in [0, 0.05) is 9.75 Å². The van der Waals surface area contributed by atoms with Crippen molar-refractivity contribution in [3.8, 4) is 0 Å². The van der Waals surface area contributed by atoms with Crippen LogP contribution in [-0.4, -0.2) is 23.1 Å². The number of amides is 2. The lowest BCUT2D eigenvalue weighted by Crippen LogP contribution is -2.48. The number of carboxylic acid groups (broad SMARTS) is 1. The number of hydrogen-bond acceptors (Lipinski definition) is 3. The van der Waals surface area contributed by atoms with Crippen LogP contribution < -0.4 is 10.6 Å². The first-order valence-corrected chi connectivity index (χ1v) is 7.49. The number of nitrogens with one attached hydrogen (secondary N) is 2. The van der Waals surface area contributed by atoms with Gasteiger partial charge in [0.05, 0.1) is 6.54 Å². The molecule has 20 heavy (non-hydrogen) atoms. The maximum absolute atomic E-state index is 11.8. The Kier molecular flexibility index (Phi) is 6.01. The van der Waals surface area contributed by atoms with Gasteiger partial charge in [-0.15, -0.1) is 11.3 Å². The van der Waals surface area contributed by atoms with Crippen molar-refractivity contribution >= 4 is 23.3 Å². The maximum Gasteiger partial charge on any atom is 0.326 e. The van der Waals surface area contributed by atoms with Gasteiger partial charge in [-0.2, -0.15) is 0 Å². The second-order valence-corrected chi connectivity index (χ2v) is 6.32. The van der Waals surface area contributed by atoms with E-state index in [0.29, 0.717) is 13.0 Å². The molecule has 0 radical (unpaired) electrons. The number of urea groups is 1. The van der Waals surface area contributed by atoms with Gasteiger partial charge in [0.2, 0.25) is 0 Å². The second-order valence-electron chi connectivity index (χ2n) is 4.98. The largest absolute Gasteiger partial charge is 0.480 e. The lowest BCUT2D eigenvalue weighted by molar-refractivity contribution is -0.140. The van der Waals surface area contributed by atoms with Crippen LogP contribution in [0.5, 0.6) is 0 Å². The monoisotopic (exact) mass is 298 g/mol. The second kappa shape index (κ2) is 7.28. The summed E-state index contributed by atoms with van der Waals surface area (Å²) in [5, 5.41) is 14.3. The third kappa shape index (κ3) is 4.52. The zero-order valence-electron chi connectivity index (χ0n) is 12.3. The first-order chi connectivity index (χ1) is 9.35. The molecule has 0 saturated heterocycles. The van der Waals surface area contributed by atoms with Crippen LogP contribution in [0.3, 0.4) is 0 Å². The highest BCUT2D eigenvalue weighted by Crippen LogP contribution is 2.20. The zero-order valence-corrected chi connectivity index (χ0v) is 13.1. The number of hydrogen-bond donors (Lipinski definition) is 3. The fourth-order valence-corrected chi connectivity index (χ4v) is 2.77. The van der Waals surface area contributed by atoms with Gasteiger partial charge >= 0.3 is 12.0 Å². The first kappa shape index (κ1) is 16.5. The molecule has 5 nitrogen and oxygen atoms in total. The molecule has 0 fully saturated rings. The number of carbonyl (C=O) groups excluding carboxylic acids is 1. The fraction of sp³-hybridized carbons (Fsp3) is 0.571. The molecule has 1 aromatic rings. The number of carbonyl (C=O) groups is 2. The third-order valence-electron chi connectivity index (χ3n) is 3.41. The van der Waals surface area contributed by atoms with Gasteiger partial charge in [-0.05, 0) is 31.4 Å². The molecule has 3 N–H and O–H groups in total. The van der Waals surface area contributed by atoms with Crippen LogP contribution in [0, 0.1) is 19.8 Å². The molecule has 6 heteroatoms. The summed E-state index contributed by atoms with van der Waals surface area (Å²) in [6, 6.07) is 0.733. The standard InChI is InChI=1S/C14H22N2O3S/c1-5-8(2)12(13(17)18)16-14(19)15-7-11-6-9(3)10(4)20-11/h6,8,12H,5,7H2,1-4H3,(H,17,18)(H2,15,16,19)/t8?,12-/m0/s1. The van der Waals surface area contributed by atoms with Gasteiger partial charge in [0.15, 0.2) is 0 Å². The van der Waals surface area contributed by atoms with Crippen LogP contribution in [0.2, 0.25) is 0 Å². The van der Waals surface area contributed by atoms with E-state index in [9.17, 15) is 9.59 Å². The van der Waals surface area contributed by atoms with Crippen molar-refractivity contribution in [2.45, 2.75) is 46.7 Å². The van der Waals surface area contributed by atoms with E-state index >= 15 is 0 Å². The summed E-state index contributed by atoms with van der Waals surface area (Å²) in [6.07, 6.45) is 0.695. The molecule has 2 amide bonds. The van der Waals surface area contributed by atoms with Gasteiger partial charge in [-0.25, -0.2) is 9.59 Å². The number of thiophene rings is 1. The van der Waals surface area contributed by atoms with Crippen LogP contribution in [-0.2, 0) is 11.3 Å². The van der Waals surface area contributed by atoms with Gasteiger partial charge in [0.25, 0.3) is 0 Å². The topological polar surface area (TPSA) is 78.4 Å². The van der Waals surface area contributed by atoms with Gasteiger partial charge < -0.3 is 15.7 Å². The van der Waals surface area contributed by atoms with Crippen LogP contribution in [0.4, 0.5) is 4.79 Å². The average molecular weight is 298 g/mol. The molecule has 2 atom stereocenters. The SMILES string of the molecule is CCC(C)[C@H](NC(=O)NCc1cc(C)c(C)s1)C(=O)O. The minimum atomic E-state index is -1.00. The molecule has 0 aliphatic carbocycles. The lowest BCUT2D eigenvalue weighted by Gasteiger charge is -2.20. The summed E-state index contributed by atoms with van der Waals surface area (Å²) >= 11 is 1.63. The van der Waals surface area contributed by atoms with E-state index in [1.54, 1.807) is 11.3 Å². The summed E-state index contributed by atoms with van der Waals surface area (Å²) in [7, 11) is 0. The van der Waals surface area contributed by atoms with Crippen molar-refractivity contribution in [3.05, 3.63) is 21.4 Å². The van der Waals surface area contributed by atoms with Crippen molar-refractivity contribution in [1.29, 1.82) is 0 Å². The Hall–Kier alpha value is -1.56. The lowest BCUT2D eigenvalue weighted by atomic mass is 9.99. The van der Waals surface area contributed by atoms with E-state index in [0.717, 1.165) is 4.88 Å². The van der Waals surface area contributed by atoms with E-state index in [1.165, 1.54) is 10.4 Å². The molecule has 1 heterocycles. The van der Waals surface area contributed by atoms with Crippen LogP contribution in [0.25, 0.3) is 0 Å². The van der Waals surface area contributed by atoms with Crippen molar-refractivity contribution in [3.63, 3.8) is 0 Å². The smallest absolute Gasteiger partial charge is 0.326 e. The van der Waals surface area contributed by atoms with Gasteiger partial charge in [-0.1, -0.05) is 20.3 Å². The Morgan fingerprint density at radius 1 is 1.40 bits per heavy atom. The Morgan fingerprint density at radius 2 is 2.05 bits per heavy atom. The minimum Gasteiger partial charge on any atom is -0.480 e. The summed E-state index contributed by atoms with van der Waals surface area (Å²) in [4.78, 5) is 25.2.